The van der Waals surface area contributed by atoms with Crippen molar-refractivity contribution in [2.45, 2.75) is 32.6 Å². The Balaban J connectivity index is 2.57. The van der Waals surface area contributed by atoms with Crippen LogP contribution in [-0.2, 0) is 6.42 Å². The van der Waals surface area contributed by atoms with Crippen molar-refractivity contribution in [2.24, 2.45) is 0 Å². The van der Waals surface area contributed by atoms with Gasteiger partial charge in [0.2, 0.25) is 5.88 Å². The van der Waals surface area contributed by atoms with E-state index in [2.05, 4.69) is 24.0 Å². The van der Waals surface area contributed by atoms with E-state index >= 15 is 0 Å². The van der Waals surface area contributed by atoms with Crippen molar-refractivity contribution in [3.8, 4) is 11.9 Å². The smallest absolute Gasteiger partial charge is 0.216 e. The molecule has 0 N–H and O–H groups in total. The molecule has 0 amide bonds. The number of hydrogen-bond acceptors (Lipinski definition) is 3. The number of methoxy groups -OCH3 is 1. The molecule has 1 unspecified atom stereocenters. The zero-order chi connectivity index (χ0) is 13.8. The van der Waals surface area contributed by atoms with Gasteiger partial charge in [-0.05, 0) is 30.5 Å². The summed E-state index contributed by atoms with van der Waals surface area (Å²) < 4.78 is 5.32. The van der Waals surface area contributed by atoms with Gasteiger partial charge in [-0.15, -0.1) is 0 Å². The first-order valence-electron chi connectivity index (χ1n) is 6.60. The van der Waals surface area contributed by atoms with Gasteiger partial charge in [-0.3, -0.25) is 0 Å². The predicted octanol–water partition coefficient (Wildman–Crippen LogP) is 3.82. The largest absolute Gasteiger partial charge is 0.481 e. The first kappa shape index (κ1) is 13.4. The van der Waals surface area contributed by atoms with E-state index in [9.17, 15) is 0 Å². The maximum atomic E-state index is 9.14. The van der Waals surface area contributed by atoms with Gasteiger partial charge >= 0.3 is 0 Å². The number of benzene rings is 1. The maximum absolute atomic E-state index is 9.14. The number of nitrogens with zero attached hydrogens (tertiary/aromatic N) is 2. The standard InChI is InChI=1S/C16H18N2O/c1-4-11-8-14-7-6-13(12(5-2)10-17)9-15(14)18-16(11)19-3/h6-9,12H,4-5H2,1-3H3. The molecule has 1 atom stereocenters. The summed E-state index contributed by atoms with van der Waals surface area (Å²) in [6.07, 6.45) is 1.70. The Morgan fingerprint density at radius 3 is 2.68 bits per heavy atom. The summed E-state index contributed by atoms with van der Waals surface area (Å²) in [5, 5.41) is 10.2. The van der Waals surface area contributed by atoms with E-state index in [4.69, 9.17) is 10.00 Å². The molecule has 0 aliphatic carbocycles. The van der Waals surface area contributed by atoms with Crippen LogP contribution in [0.2, 0.25) is 0 Å². The Morgan fingerprint density at radius 2 is 2.11 bits per heavy atom. The summed E-state index contributed by atoms with van der Waals surface area (Å²) in [5.41, 5.74) is 3.02. The van der Waals surface area contributed by atoms with E-state index < -0.39 is 0 Å². The Labute approximate surface area is 113 Å². The molecule has 19 heavy (non-hydrogen) atoms. The molecule has 3 nitrogen and oxygen atoms in total. The fourth-order valence-corrected chi connectivity index (χ4v) is 2.26. The molecule has 0 spiro atoms. The van der Waals surface area contributed by atoms with Crippen molar-refractivity contribution in [1.29, 1.82) is 5.26 Å². The van der Waals surface area contributed by atoms with Crippen LogP contribution in [0, 0.1) is 11.3 Å². The van der Waals surface area contributed by atoms with E-state index in [0.717, 1.165) is 34.9 Å². The van der Waals surface area contributed by atoms with E-state index in [-0.39, 0.29) is 5.92 Å². The van der Waals surface area contributed by atoms with Crippen molar-refractivity contribution in [3.63, 3.8) is 0 Å². The normalized spacial score (nSPS) is 12.1. The second-order valence-corrected chi connectivity index (χ2v) is 4.55. The summed E-state index contributed by atoms with van der Waals surface area (Å²) in [5.74, 6) is 0.611. The van der Waals surface area contributed by atoms with Crippen molar-refractivity contribution >= 4 is 10.9 Å². The Hall–Kier alpha value is -2.08. The van der Waals surface area contributed by atoms with Crippen LogP contribution in [0.4, 0.5) is 0 Å². The highest BCUT2D eigenvalue weighted by Crippen LogP contribution is 2.26. The SMILES string of the molecule is CCc1cc2ccc(C(C#N)CC)cc2nc1OC. The van der Waals surface area contributed by atoms with Crippen LogP contribution < -0.4 is 4.74 Å². The average Bonchev–Trinajstić information content (AvgIpc) is 2.46. The van der Waals surface area contributed by atoms with Gasteiger partial charge in [0, 0.05) is 10.9 Å². The highest BCUT2D eigenvalue weighted by Gasteiger charge is 2.11. The van der Waals surface area contributed by atoms with Crippen LogP contribution in [0.1, 0.15) is 37.3 Å². The molecule has 0 aliphatic heterocycles. The Morgan fingerprint density at radius 1 is 1.32 bits per heavy atom. The molecule has 98 valence electrons. The Kier molecular flexibility index (Phi) is 4.01. The minimum Gasteiger partial charge on any atom is -0.481 e. The average molecular weight is 254 g/mol. The Bertz CT molecular complexity index is 628. The molecule has 2 aromatic rings. The molecule has 1 heterocycles. The molecule has 0 aliphatic rings. The molecule has 0 saturated carbocycles. The topological polar surface area (TPSA) is 45.9 Å². The van der Waals surface area contributed by atoms with E-state index in [1.165, 1.54) is 0 Å². The number of ether oxygens (including phenoxy) is 1. The maximum Gasteiger partial charge on any atom is 0.216 e. The summed E-state index contributed by atoms with van der Waals surface area (Å²) in [7, 11) is 1.64. The van der Waals surface area contributed by atoms with Crippen molar-refractivity contribution < 1.29 is 4.74 Å². The fraction of sp³-hybridized carbons (Fsp3) is 0.375. The number of aryl methyl sites for hydroxylation is 1. The van der Waals surface area contributed by atoms with Gasteiger partial charge < -0.3 is 4.74 Å². The zero-order valence-corrected chi connectivity index (χ0v) is 11.6. The molecular formula is C16H18N2O. The van der Waals surface area contributed by atoms with Crippen LogP contribution in [0.3, 0.4) is 0 Å². The van der Waals surface area contributed by atoms with Crippen molar-refractivity contribution in [2.75, 3.05) is 7.11 Å². The molecule has 0 radical (unpaired) electrons. The molecule has 2 rings (SSSR count). The number of nitriles is 1. The number of hydrogen-bond donors (Lipinski definition) is 0. The molecule has 1 aromatic heterocycles. The third kappa shape index (κ3) is 2.53. The second kappa shape index (κ2) is 5.71. The molecule has 3 heteroatoms. The lowest BCUT2D eigenvalue weighted by Gasteiger charge is -2.10. The number of rotatable bonds is 4. The summed E-state index contributed by atoms with van der Waals surface area (Å²) in [4.78, 5) is 4.54. The van der Waals surface area contributed by atoms with Gasteiger partial charge in [0.05, 0.1) is 24.6 Å². The minimum absolute atomic E-state index is 0.0666. The third-order valence-electron chi connectivity index (χ3n) is 3.42. The third-order valence-corrected chi connectivity index (χ3v) is 3.42. The molecule has 1 aromatic carbocycles. The van der Waals surface area contributed by atoms with Gasteiger partial charge in [0.1, 0.15) is 0 Å². The van der Waals surface area contributed by atoms with Gasteiger partial charge in [0.15, 0.2) is 0 Å². The van der Waals surface area contributed by atoms with E-state index in [0.29, 0.717) is 5.88 Å². The van der Waals surface area contributed by atoms with Crippen molar-refractivity contribution in [3.05, 3.63) is 35.4 Å². The van der Waals surface area contributed by atoms with Crippen LogP contribution in [0.5, 0.6) is 5.88 Å². The van der Waals surface area contributed by atoms with Gasteiger partial charge in [-0.25, -0.2) is 4.98 Å². The predicted molar refractivity (Wildman–Crippen MR) is 76.3 cm³/mol. The molecule has 0 saturated heterocycles. The van der Waals surface area contributed by atoms with Crippen LogP contribution in [0.25, 0.3) is 10.9 Å². The van der Waals surface area contributed by atoms with Gasteiger partial charge in [-0.2, -0.15) is 5.26 Å². The van der Waals surface area contributed by atoms with Gasteiger partial charge in [-0.1, -0.05) is 26.0 Å². The number of fused-ring (bicyclic) bond motifs is 1. The van der Waals surface area contributed by atoms with Crippen LogP contribution in [0.15, 0.2) is 24.3 Å². The summed E-state index contributed by atoms with van der Waals surface area (Å²) in [6, 6.07) is 10.5. The highest BCUT2D eigenvalue weighted by atomic mass is 16.5. The van der Waals surface area contributed by atoms with Crippen LogP contribution in [-0.4, -0.2) is 12.1 Å². The van der Waals surface area contributed by atoms with Crippen LogP contribution >= 0.6 is 0 Å². The summed E-state index contributed by atoms with van der Waals surface area (Å²) >= 11 is 0. The first-order chi connectivity index (χ1) is 9.23. The number of pyridine rings is 1. The molecular weight excluding hydrogens is 236 g/mol. The zero-order valence-electron chi connectivity index (χ0n) is 11.6. The quantitative estimate of drug-likeness (QED) is 0.833. The minimum atomic E-state index is -0.0666. The van der Waals surface area contributed by atoms with E-state index in [1.54, 1.807) is 7.11 Å². The monoisotopic (exact) mass is 254 g/mol. The lowest BCUT2D eigenvalue weighted by molar-refractivity contribution is 0.395. The lowest BCUT2D eigenvalue weighted by Crippen LogP contribution is -1.97. The number of aromatic nitrogens is 1. The first-order valence-corrected chi connectivity index (χ1v) is 6.60. The lowest BCUT2D eigenvalue weighted by atomic mass is 9.96. The van der Waals surface area contributed by atoms with Crippen molar-refractivity contribution in [1.82, 2.24) is 4.98 Å². The molecule has 0 fully saturated rings. The molecule has 0 bridgehead atoms. The highest BCUT2D eigenvalue weighted by molar-refractivity contribution is 5.81. The second-order valence-electron chi connectivity index (χ2n) is 4.55. The summed E-state index contributed by atoms with van der Waals surface area (Å²) in [6.45, 7) is 4.11. The van der Waals surface area contributed by atoms with E-state index in [1.807, 2.05) is 25.1 Å². The van der Waals surface area contributed by atoms with Gasteiger partial charge in [0.25, 0.3) is 0 Å². The fourth-order valence-electron chi connectivity index (χ4n) is 2.26.